The molecule has 2 N–H and O–H groups in total. The molecule has 2 aromatic carbocycles. The van der Waals surface area contributed by atoms with Crippen LogP contribution in [-0.2, 0) is 11.2 Å². The summed E-state index contributed by atoms with van der Waals surface area (Å²) in [4.78, 5) is 39.7. The molecule has 0 aliphatic heterocycles. The van der Waals surface area contributed by atoms with E-state index in [0.717, 1.165) is 5.56 Å². The fourth-order valence-electron chi connectivity index (χ4n) is 3.92. The van der Waals surface area contributed by atoms with Gasteiger partial charge in [0.05, 0.1) is 18.6 Å². The first-order valence-electron chi connectivity index (χ1n) is 11.9. The first-order chi connectivity index (χ1) is 17.9. The lowest BCUT2D eigenvalue weighted by Crippen LogP contribution is -2.44. The molecule has 0 fully saturated rings. The number of halogens is 1. The van der Waals surface area contributed by atoms with Crippen molar-refractivity contribution in [2.45, 2.75) is 32.4 Å². The summed E-state index contributed by atoms with van der Waals surface area (Å²) in [5.41, 5.74) is 2.00. The third kappa shape index (κ3) is 6.58. The average Bonchev–Trinajstić information content (AvgIpc) is 3.43. The minimum Gasteiger partial charge on any atom is -0.491 e. The maximum Gasteiger partial charge on any atom is 0.277 e. The molecular formula is C28H28FN5O3. The molecule has 0 saturated carbocycles. The second-order valence-electron chi connectivity index (χ2n) is 8.66. The highest BCUT2D eigenvalue weighted by molar-refractivity contribution is 6.09. The zero-order chi connectivity index (χ0) is 26.2. The number of H-pyrrole nitrogens is 1. The molecule has 0 unspecified atom stereocenters. The quantitative estimate of drug-likeness (QED) is 0.334. The van der Waals surface area contributed by atoms with Crippen LogP contribution in [0.3, 0.4) is 0 Å². The number of benzene rings is 2. The van der Waals surface area contributed by atoms with Gasteiger partial charge >= 0.3 is 0 Å². The lowest BCUT2D eigenvalue weighted by atomic mass is 10.0. The lowest BCUT2D eigenvalue weighted by Gasteiger charge is -2.31. The Morgan fingerprint density at radius 1 is 1.05 bits per heavy atom. The van der Waals surface area contributed by atoms with E-state index in [1.807, 2.05) is 13.8 Å². The van der Waals surface area contributed by atoms with Crippen molar-refractivity contribution in [1.82, 2.24) is 20.3 Å². The van der Waals surface area contributed by atoms with E-state index in [-0.39, 0.29) is 24.2 Å². The molecule has 0 saturated heterocycles. The second kappa shape index (κ2) is 11.9. The SMILES string of the molecule is CC(C)Oc1ccc(N(C(=O)c2cnc[nH]2)[C@@H](C(=O)NCCc2cccc(F)c2)c2cccnc2)cc1. The zero-order valence-corrected chi connectivity index (χ0v) is 20.6. The largest absolute Gasteiger partial charge is 0.491 e. The summed E-state index contributed by atoms with van der Waals surface area (Å²) < 4.78 is 19.3. The monoisotopic (exact) mass is 501 g/mol. The van der Waals surface area contributed by atoms with Crippen LogP contribution in [0.1, 0.15) is 41.5 Å². The van der Waals surface area contributed by atoms with E-state index in [9.17, 15) is 14.0 Å². The Hall–Kier alpha value is -4.53. The van der Waals surface area contributed by atoms with Gasteiger partial charge < -0.3 is 15.0 Å². The summed E-state index contributed by atoms with van der Waals surface area (Å²) in [5, 5.41) is 2.90. The number of carbonyl (C=O) groups is 2. The normalized spacial score (nSPS) is 11.7. The number of carbonyl (C=O) groups excluding carboxylic acids is 2. The van der Waals surface area contributed by atoms with Gasteiger partial charge in [-0.3, -0.25) is 19.5 Å². The Labute approximate surface area is 214 Å². The maximum absolute atomic E-state index is 13.7. The van der Waals surface area contributed by atoms with Gasteiger partial charge in [-0.2, -0.15) is 0 Å². The number of hydrogen-bond donors (Lipinski definition) is 2. The van der Waals surface area contributed by atoms with E-state index < -0.39 is 17.9 Å². The molecule has 0 spiro atoms. The molecule has 2 heterocycles. The van der Waals surface area contributed by atoms with Crippen LogP contribution in [0.25, 0.3) is 0 Å². The van der Waals surface area contributed by atoms with Gasteiger partial charge in [-0.15, -0.1) is 0 Å². The van der Waals surface area contributed by atoms with Crippen LogP contribution in [0.2, 0.25) is 0 Å². The minimum absolute atomic E-state index is 0.0133. The van der Waals surface area contributed by atoms with Gasteiger partial charge in [0.2, 0.25) is 5.91 Å². The standard InChI is InChI=1S/C28H28FN5O3/c1-19(2)37-24-10-8-23(9-11-24)34(28(36)25-17-31-18-33-25)26(21-6-4-13-30-16-21)27(35)32-14-12-20-5-3-7-22(29)15-20/h3-11,13,15-19,26H,12,14H2,1-2H3,(H,31,33)(H,32,35)/t26-/m1/s1. The predicted molar refractivity (Wildman–Crippen MR) is 138 cm³/mol. The highest BCUT2D eigenvalue weighted by Crippen LogP contribution is 2.30. The number of ether oxygens (including phenoxy) is 1. The number of nitrogens with one attached hydrogen (secondary N) is 2. The number of pyridine rings is 1. The van der Waals surface area contributed by atoms with Crippen LogP contribution in [0.4, 0.5) is 10.1 Å². The van der Waals surface area contributed by atoms with E-state index in [0.29, 0.717) is 23.4 Å². The van der Waals surface area contributed by atoms with Crippen molar-refractivity contribution in [3.63, 3.8) is 0 Å². The Balaban J connectivity index is 1.67. The molecule has 0 radical (unpaired) electrons. The Bertz CT molecular complexity index is 1310. The van der Waals surface area contributed by atoms with Crippen LogP contribution in [0, 0.1) is 5.82 Å². The summed E-state index contributed by atoms with van der Waals surface area (Å²) in [6, 6.07) is 15.6. The minimum atomic E-state index is -1.03. The lowest BCUT2D eigenvalue weighted by molar-refractivity contribution is -0.122. The van der Waals surface area contributed by atoms with E-state index in [2.05, 4.69) is 20.3 Å². The third-order valence-corrected chi connectivity index (χ3v) is 5.54. The van der Waals surface area contributed by atoms with Crippen LogP contribution in [0.5, 0.6) is 5.75 Å². The summed E-state index contributed by atoms with van der Waals surface area (Å²) in [7, 11) is 0. The van der Waals surface area contributed by atoms with Gasteiger partial charge in [-0.1, -0.05) is 18.2 Å². The van der Waals surface area contributed by atoms with Crippen molar-refractivity contribution in [2.75, 3.05) is 11.4 Å². The van der Waals surface area contributed by atoms with E-state index in [1.165, 1.54) is 29.6 Å². The van der Waals surface area contributed by atoms with Crippen LogP contribution < -0.4 is 15.0 Å². The molecule has 190 valence electrons. The fourth-order valence-corrected chi connectivity index (χ4v) is 3.92. The molecule has 0 bridgehead atoms. The number of aromatic amines is 1. The van der Waals surface area contributed by atoms with Gasteiger partial charge in [-0.25, -0.2) is 9.37 Å². The van der Waals surface area contributed by atoms with Crippen molar-refractivity contribution in [3.05, 3.63) is 108 Å². The molecule has 0 aliphatic carbocycles. The number of amides is 2. The maximum atomic E-state index is 13.7. The molecule has 2 amide bonds. The van der Waals surface area contributed by atoms with Gasteiger partial charge in [0.25, 0.3) is 5.91 Å². The number of imidazole rings is 1. The van der Waals surface area contributed by atoms with Gasteiger partial charge in [-0.05, 0) is 68.3 Å². The van der Waals surface area contributed by atoms with Crippen molar-refractivity contribution >= 4 is 17.5 Å². The molecule has 2 aromatic heterocycles. The third-order valence-electron chi connectivity index (χ3n) is 5.54. The molecule has 37 heavy (non-hydrogen) atoms. The van der Waals surface area contributed by atoms with Crippen LogP contribution in [-0.4, -0.2) is 39.4 Å². The van der Waals surface area contributed by atoms with Crippen LogP contribution in [0.15, 0.2) is 85.6 Å². The van der Waals surface area contributed by atoms with E-state index in [1.54, 1.807) is 60.9 Å². The van der Waals surface area contributed by atoms with Gasteiger partial charge in [0, 0.05) is 30.2 Å². The predicted octanol–water partition coefficient (Wildman–Crippen LogP) is 4.48. The summed E-state index contributed by atoms with van der Waals surface area (Å²) in [6.07, 6.45) is 6.39. The van der Waals surface area contributed by atoms with Gasteiger partial charge in [0.15, 0.2) is 0 Å². The molecule has 8 nitrogen and oxygen atoms in total. The van der Waals surface area contributed by atoms with Crippen molar-refractivity contribution < 1.29 is 18.7 Å². The van der Waals surface area contributed by atoms with Crippen molar-refractivity contribution in [2.24, 2.45) is 0 Å². The first kappa shape index (κ1) is 25.6. The Morgan fingerprint density at radius 2 is 1.86 bits per heavy atom. The van der Waals surface area contributed by atoms with Crippen molar-refractivity contribution in [3.8, 4) is 5.75 Å². The second-order valence-corrected chi connectivity index (χ2v) is 8.66. The first-order valence-corrected chi connectivity index (χ1v) is 11.9. The summed E-state index contributed by atoms with van der Waals surface area (Å²) in [6.45, 7) is 4.11. The summed E-state index contributed by atoms with van der Waals surface area (Å²) >= 11 is 0. The molecule has 4 aromatic rings. The molecule has 9 heteroatoms. The number of nitrogens with zero attached hydrogens (tertiary/aromatic N) is 3. The van der Waals surface area contributed by atoms with Gasteiger partial charge in [0.1, 0.15) is 23.3 Å². The molecule has 0 aliphatic rings. The van der Waals surface area contributed by atoms with Crippen LogP contribution >= 0.6 is 0 Å². The molecule has 4 rings (SSSR count). The topological polar surface area (TPSA) is 100 Å². The van der Waals surface area contributed by atoms with E-state index in [4.69, 9.17) is 4.74 Å². The smallest absolute Gasteiger partial charge is 0.277 e. The number of aromatic nitrogens is 3. The highest BCUT2D eigenvalue weighted by atomic mass is 19.1. The van der Waals surface area contributed by atoms with E-state index >= 15 is 0 Å². The Morgan fingerprint density at radius 3 is 2.51 bits per heavy atom. The number of anilines is 1. The van der Waals surface area contributed by atoms with Crippen molar-refractivity contribution in [1.29, 1.82) is 0 Å². The fraction of sp³-hybridized carbons (Fsp3) is 0.214. The zero-order valence-electron chi connectivity index (χ0n) is 20.6. The molecular weight excluding hydrogens is 473 g/mol. The highest BCUT2D eigenvalue weighted by Gasteiger charge is 2.34. The number of hydrogen-bond acceptors (Lipinski definition) is 5. The number of rotatable bonds is 10. The molecule has 1 atom stereocenters. The Kier molecular flexibility index (Phi) is 8.25. The average molecular weight is 502 g/mol. The summed E-state index contributed by atoms with van der Waals surface area (Å²) in [5.74, 6) is -0.535.